The summed E-state index contributed by atoms with van der Waals surface area (Å²) in [6.07, 6.45) is 33.7. The Bertz CT molecular complexity index is 1270. The molecule has 0 unspecified atom stereocenters. The molecular formula is C59H107NO2. The molecule has 1 amide bonds. The van der Waals surface area contributed by atoms with Crippen molar-refractivity contribution in [2.45, 2.75) is 245 Å². The third-order valence-electron chi connectivity index (χ3n) is 13.4. The number of ether oxygens (including phenoxy) is 1. The molecule has 0 atom stereocenters. The summed E-state index contributed by atoms with van der Waals surface area (Å²) in [4.78, 5) is 13.5. The van der Waals surface area contributed by atoms with Crippen molar-refractivity contribution in [3.63, 3.8) is 0 Å². The zero-order chi connectivity index (χ0) is 45.8. The molecule has 1 aliphatic heterocycles. The summed E-state index contributed by atoms with van der Waals surface area (Å²) in [6, 6.07) is 10.5. The van der Waals surface area contributed by atoms with E-state index in [1.807, 2.05) is 26.8 Å². The molecule has 0 bridgehead atoms. The van der Waals surface area contributed by atoms with E-state index in [0.717, 1.165) is 48.5 Å². The number of hydrogen-bond acceptors (Lipinski definition) is 2. The van der Waals surface area contributed by atoms with Gasteiger partial charge in [-0.25, -0.2) is 4.79 Å². The maximum Gasteiger partial charge on any atom is 0.410 e. The molecule has 1 aromatic rings. The second-order valence-electron chi connectivity index (χ2n) is 21.8. The van der Waals surface area contributed by atoms with Gasteiger partial charge in [-0.2, -0.15) is 0 Å². The van der Waals surface area contributed by atoms with Crippen molar-refractivity contribution in [1.82, 2.24) is 4.90 Å². The minimum Gasteiger partial charge on any atom is -0.444 e. The van der Waals surface area contributed by atoms with E-state index in [-0.39, 0.29) is 13.5 Å². The molecule has 0 aromatic heterocycles. The van der Waals surface area contributed by atoms with Crippen LogP contribution in [-0.4, -0.2) is 29.7 Å². The lowest BCUT2D eigenvalue weighted by Crippen LogP contribution is -2.39. The van der Waals surface area contributed by atoms with Crippen molar-refractivity contribution in [2.75, 3.05) is 13.1 Å². The molecule has 6 rings (SSSR count). The molecule has 4 aliphatic carbocycles. The van der Waals surface area contributed by atoms with Crippen LogP contribution in [0.25, 0.3) is 0 Å². The molecular weight excluding hydrogens is 755 g/mol. The van der Waals surface area contributed by atoms with Crippen LogP contribution in [0.2, 0.25) is 0 Å². The Balaban J connectivity index is 0.000000730. The predicted octanol–water partition coefficient (Wildman–Crippen LogP) is 19.4. The molecule has 0 N–H and O–H groups in total. The van der Waals surface area contributed by atoms with E-state index in [9.17, 15) is 4.79 Å². The highest BCUT2D eigenvalue weighted by Crippen LogP contribution is 2.30. The van der Waals surface area contributed by atoms with Crippen LogP contribution >= 0.6 is 0 Å². The van der Waals surface area contributed by atoms with Gasteiger partial charge in [0.2, 0.25) is 0 Å². The van der Waals surface area contributed by atoms with Crippen LogP contribution in [0, 0.1) is 41.4 Å². The maximum atomic E-state index is 11.8. The van der Waals surface area contributed by atoms with E-state index in [1.54, 1.807) is 16.0 Å². The molecule has 5 aliphatic rings. The van der Waals surface area contributed by atoms with Gasteiger partial charge in [-0.05, 0) is 131 Å². The topological polar surface area (TPSA) is 29.5 Å². The quantitative estimate of drug-likeness (QED) is 0.267. The van der Waals surface area contributed by atoms with Gasteiger partial charge in [-0.3, -0.25) is 0 Å². The summed E-state index contributed by atoms with van der Waals surface area (Å²) in [6.45, 7) is 34.5. The van der Waals surface area contributed by atoms with Gasteiger partial charge in [-0.15, -0.1) is 0 Å². The molecule has 3 heteroatoms. The SMILES string of the molecule is C.CC(C)C1=CCCCC1.CC(C)C1=CCCCC1.CC(C)C1=CCN(C(=O)OC(C)(C)C)CC1.CC(C)C1CCCCC1.CC(C)C1CCCCC1.CC(C)c1ccccc1. The molecule has 1 aromatic carbocycles. The van der Waals surface area contributed by atoms with Crippen molar-refractivity contribution >= 4 is 6.09 Å². The second kappa shape index (κ2) is 34.1. The molecule has 0 radical (unpaired) electrons. The molecule has 2 saturated carbocycles. The number of nitrogens with zero attached hydrogens (tertiary/aromatic N) is 1. The lowest BCUT2D eigenvalue weighted by atomic mass is 9.82. The number of carbonyl (C=O) groups excluding carboxylic acids is 1. The van der Waals surface area contributed by atoms with Gasteiger partial charge in [0.05, 0.1) is 0 Å². The number of rotatable bonds is 6. The second-order valence-corrected chi connectivity index (χ2v) is 21.8. The minimum atomic E-state index is -0.404. The maximum absolute atomic E-state index is 11.8. The molecule has 0 spiro atoms. The fourth-order valence-electron chi connectivity index (χ4n) is 8.92. The van der Waals surface area contributed by atoms with Crippen LogP contribution in [0.3, 0.4) is 0 Å². The first-order valence-electron chi connectivity index (χ1n) is 25.9. The number of amides is 1. The average molecular weight is 863 g/mol. The Kier molecular flexibility index (Phi) is 32.9. The largest absolute Gasteiger partial charge is 0.444 e. The van der Waals surface area contributed by atoms with Crippen LogP contribution in [0.15, 0.2) is 65.3 Å². The molecule has 2 fully saturated rings. The highest BCUT2D eigenvalue weighted by atomic mass is 16.6. The Labute approximate surface area is 389 Å². The van der Waals surface area contributed by atoms with Gasteiger partial charge in [0, 0.05) is 13.1 Å². The summed E-state index contributed by atoms with van der Waals surface area (Å²) < 4.78 is 5.33. The van der Waals surface area contributed by atoms with Crippen LogP contribution in [0.1, 0.15) is 245 Å². The Morgan fingerprint density at radius 3 is 1.18 bits per heavy atom. The summed E-state index contributed by atoms with van der Waals surface area (Å²) in [5.74, 6) is 6.82. The lowest BCUT2D eigenvalue weighted by Gasteiger charge is -2.30. The standard InChI is InChI=1S/C13H23NO2.2C9H18.2C9H16.C9H12.CH4/c1-10(2)11-6-8-14(9-7-11)12(15)16-13(3,4)5;5*1-8(2)9-6-4-3-5-7-9;/h6,10H,7-9H2,1-5H3;2*8-9H,3-7H2,1-2H3;2*6,8H,3-5,7H2,1-2H3;3-8H,1-2H3;1H4. The monoisotopic (exact) mass is 862 g/mol. The van der Waals surface area contributed by atoms with Gasteiger partial charge in [-0.1, -0.05) is 220 Å². The number of carbonyl (C=O) groups is 1. The third kappa shape index (κ3) is 28.5. The summed E-state index contributed by atoms with van der Waals surface area (Å²) >= 11 is 0. The zero-order valence-corrected chi connectivity index (χ0v) is 43.4. The summed E-state index contributed by atoms with van der Waals surface area (Å²) in [7, 11) is 0. The first-order valence-corrected chi connectivity index (χ1v) is 25.9. The average Bonchev–Trinajstić information content (AvgIpc) is 3.26. The van der Waals surface area contributed by atoms with Crippen molar-refractivity contribution in [2.24, 2.45) is 41.4 Å². The molecule has 1 heterocycles. The first kappa shape index (κ1) is 59.7. The number of allylic oxidation sites excluding steroid dienone is 4. The van der Waals surface area contributed by atoms with Gasteiger partial charge < -0.3 is 9.64 Å². The molecule has 62 heavy (non-hydrogen) atoms. The Morgan fingerprint density at radius 1 is 0.532 bits per heavy atom. The predicted molar refractivity (Wildman–Crippen MR) is 278 cm³/mol. The Morgan fingerprint density at radius 2 is 0.935 bits per heavy atom. The smallest absolute Gasteiger partial charge is 0.410 e. The summed E-state index contributed by atoms with van der Waals surface area (Å²) in [5, 5.41) is 0. The molecule has 360 valence electrons. The van der Waals surface area contributed by atoms with Gasteiger partial charge >= 0.3 is 6.09 Å². The van der Waals surface area contributed by atoms with E-state index in [1.165, 1.54) is 127 Å². The van der Waals surface area contributed by atoms with Gasteiger partial charge in [0.25, 0.3) is 0 Å². The fraction of sp³-hybridized carbons (Fsp3) is 0.780. The highest BCUT2D eigenvalue weighted by molar-refractivity contribution is 5.68. The van der Waals surface area contributed by atoms with Crippen molar-refractivity contribution in [1.29, 1.82) is 0 Å². The van der Waals surface area contributed by atoms with E-state index >= 15 is 0 Å². The molecule has 3 nitrogen and oxygen atoms in total. The van der Waals surface area contributed by atoms with Crippen LogP contribution in [-0.2, 0) is 4.74 Å². The van der Waals surface area contributed by atoms with Gasteiger partial charge in [0.15, 0.2) is 0 Å². The highest BCUT2D eigenvalue weighted by Gasteiger charge is 2.24. The zero-order valence-electron chi connectivity index (χ0n) is 43.4. The van der Waals surface area contributed by atoms with E-state index in [0.29, 0.717) is 18.4 Å². The third-order valence-corrected chi connectivity index (χ3v) is 13.4. The van der Waals surface area contributed by atoms with E-state index < -0.39 is 5.60 Å². The van der Waals surface area contributed by atoms with Crippen LogP contribution in [0.5, 0.6) is 0 Å². The number of hydrogen-bond donors (Lipinski definition) is 0. The van der Waals surface area contributed by atoms with Crippen molar-refractivity contribution in [3.8, 4) is 0 Å². The minimum absolute atomic E-state index is 0. The van der Waals surface area contributed by atoms with E-state index in [4.69, 9.17) is 4.74 Å². The van der Waals surface area contributed by atoms with Crippen molar-refractivity contribution in [3.05, 3.63) is 70.8 Å². The lowest BCUT2D eigenvalue weighted by molar-refractivity contribution is 0.0264. The molecule has 0 saturated heterocycles. The van der Waals surface area contributed by atoms with Crippen LogP contribution < -0.4 is 0 Å². The van der Waals surface area contributed by atoms with Gasteiger partial charge in [0.1, 0.15) is 5.60 Å². The normalized spacial score (nSPS) is 18.5. The van der Waals surface area contributed by atoms with E-state index in [2.05, 4.69) is 126 Å². The van der Waals surface area contributed by atoms with Crippen LogP contribution in [0.4, 0.5) is 4.79 Å². The fourth-order valence-corrected chi connectivity index (χ4v) is 8.92. The summed E-state index contributed by atoms with van der Waals surface area (Å²) in [5.41, 5.74) is 5.82. The first-order chi connectivity index (χ1) is 28.8. The Hall–Kier alpha value is -2.29. The van der Waals surface area contributed by atoms with Crippen molar-refractivity contribution < 1.29 is 9.53 Å². The number of benzene rings is 1.